The van der Waals surface area contributed by atoms with E-state index in [4.69, 9.17) is 0 Å². The van der Waals surface area contributed by atoms with Gasteiger partial charge in [0.1, 0.15) is 17.5 Å². The number of halogens is 3. The van der Waals surface area contributed by atoms with Crippen molar-refractivity contribution in [2.45, 2.75) is 19.8 Å². The fourth-order valence-electron chi connectivity index (χ4n) is 2.99. The average Bonchev–Trinajstić information content (AvgIpc) is 3.16. The van der Waals surface area contributed by atoms with Crippen molar-refractivity contribution in [3.63, 3.8) is 0 Å². The van der Waals surface area contributed by atoms with Crippen LogP contribution in [0.3, 0.4) is 0 Å². The third kappa shape index (κ3) is 5.72. The van der Waals surface area contributed by atoms with Gasteiger partial charge in [-0.1, -0.05) is 13.0 Å². The molecule has 1 aromatic carbocycles. The van der Waals surface area contributed by atoms with Crippen LogP contribution in [0.1, 0.15) is 18.3 Å². The molecule has 2 heterocycles. The van der Waals surface area contributed by atoms with Crippen LogP contribution < -0.4 is 10.2 Å². The number of anilines is 1. The summed E-state index contributed by atoms with van der Waals surface area (Å²) in [5.74, 6) is 0.620. The lowest BCUT2D eigenvalue weighted by Crippen LogP contribution is -2.52. The normalized spacial score (nSPS) is 14.8. The molecule has 6 nitrogen and oxygen atoms in total. The Morgan fingerprint density at radius 1 is 1.25 bits per heavy atom. The quantitative estimate of drug-likeness (QED) is 0.372. The highest BCUT2D eigenvalue weighted by molar-refractivity contribution is 14.0. The second-order valence-electron chi connectivity index (χ2n) is 6.28. The summed E-state index contributed by atoms with van der Waals surface area (Å²) in [6.45, 7) is 5.94. The Morgan fingerprint density at radius 2 is 2.00 bits per heavy atom. The molecule has 1 aliphatic rings. The number of guanidine groups is 1. The molecule has 1 aliphatic heterocycles. The van der Waals surface area contributed by atoms with E-state index in [1.54, 1.807) is 7.05 Å². The minimum Gasteiger partial charge on any atom is -0.356 e. The van der Waals surface area contributed by atoms with Gasteiger partial charge in [0.05, 0.1) is 0 Å². The Kier molecular flexibility index (Phi) is 8.80. The van der Waals surface area contributed by atoms with Crippen LogP contribution in [0.4, 0.5) is 13.9 Å². The van der Waals surface area contributed by atoms with Gasteiger partial charge in [-0.3, -0.25) is 4.99 Å². The number of benzene rings is 1. The molecule has 0 unspecified atom stereocenters. The van der Waals surface area contributed by atoms with Crippen LogP contribution in [-0.4, -0.2) is 60.0 Å². The third-order valence-electron chi connectivity index (χ3n) is 4.53. The Hall–Kier alpha value is -1.56. The zero-order chi connectivity index (χ0) is 19.2. The van der Waals surface area contributed by atoms with Crippen LogP contribution in [-0.2, 0) is 12.8 Å². The number of aromatic nitrogens is 2. The Morgan fingerprint density at radius 3 is 2.61 bits per heavy atom. The largest absolute Gasteiger partial charge is 0.356 e. The lowest BCUT2D eigenvalue weighted by molar-refractivity contribution is 0.372. The van der Waals surface area contributed by atoms with Gasteiger partial charge >= 0.3 is 0 Å². The minimum atomic E-state index is -0.556. The smallest absolute Gasteiger partial charge is 0.205 e. The highest BCUT2D eigenvalue weighted by atomic mass is 127. The predicted octanol–water partition coefficient (Wildman–Crippen LogP) is 2.94. The summed E-state index contributed by atoms with van der Waals surface area (Å²) < 4.78 is 31.0. The molecule has 0 atom stereocenters. The lowest BCUT2D eigenvalue weighted by atomic mass is 10.1. The Labute approximate surface area is 185 Å². The first kappa shape index (κ1) is 22.7. The van der Waals surface area contributed by atoms with Gasteiger partial charge in [-0.2, -0.15) is 4.37 Å². The first-order chi connectivity index (χ1) is 13.1. The first-order valence-electron chi connectivity index (χ1n) is 9.07. The van der Waals surface area contributed by atoms with Gasteiger partial charge in [-0.15, -0.1) is 24.0 Å². The van der Waals surface area contributed by atoms with Crippen molar-refractivity contribution in [2.24, 2.45) is 4.99 Å². The van der Waals surface area contributed by atoms with Gasteiger partial charge in [-0.25, -0.2) is 13.8 Å². The molecule has 1 fully saturated rings. The molecular weight excluding hydrogens is 497 g/mol. The van der Waals surface area contributed by atoms with Crippen LogP contribution in [0.2, 0.25) is 0 Å². The van der Waals surface area contributed by atoms with Crippen LogP contribution in [0.5, 0.6) is 0 Å². The maximum absolute atomic E-state index is 13.7. The van der Waals surface area contributed by atoms with E-state index in [2.05, 4.69) is 36.4 Å². The number of rotatable bonds is 5. The van der Waals surface area contributed by atoms with Crippen LogP contribution in [0.15, 0.2) is 23.2 Å². The number of aliphatic imine (C=N–C) groups is 1. The van der Waals surface area contributed by atoms with E-state index in [-0.39, 0.29) is 24.0 Å². The molecule has 10 heteroatoms. The summed E-state index contributed by atoms with van der Waals surface area (Å²) in [6.07, 6.45) is 1.32. The second kappa shape index (κ2) is 10.8. The van der Waals surface area contributed by atoms with Crippen molar-refractivity contribution >= 4 is 46.6 Å². The number of hydrogen-bond donors (Lipinski definition) is 1. The van der Waals surface area contributed by atoms with Crippen molar-refractivity contribution in [3.05, 3.63) is 41.2 Å². The van der Waals surface area contributed by atoms with E-state index in [1.807, 2.05) is 0 Å². The van der Waals surface area contributed by atoms with Crippen LogP contribution in [0, 0.1) is 11.6 Å². The fraction of sp³-hybridized carbons (Fsp3) is 0.500. The maximum Gasteiger partial charge on any atom is 0.205 e. The maximum atomic E-state index is 13.7. The third-order valence-corrected chi connectivity index (χ3v) is 5.34. The number of nitrogens with one attached hydrogen (secondary N) is 1. The summed E-state index contributed by atoms with van der Waals surface area (Å²) in [5, 5.41) is 4.24. The topological polar surface area (TPSA) is 56.7 Å². The van der Waals surface area contributed by atoms with E-state index >= 15 is 0 Å². The van der Waals surface area contributed by atoms with Gasteiger partial charge in [0, 0.05) is 63.8 Å². The SMILES string of the molecule is CCc1nsc(N2CCN(C(=NC)NCCc3ccc(F)cc3F)CC2)n1.I. The Bertz CT molecular complexity index is 792. The molecule has 1 N–H and O–H groups in total. The summed E-state index contributed by atoms with van der Waals surface area (Å²) in [6, 6.07) is 3.69. The zero-order valence-corrected chi connectivity index (χ0v) is 19.1. The standard InChI is InChI=1S/C18H24F2N6S.HI/c1-3-16-23-18(27-24-16)26-10-8-25(9-11-26)17(21-2)22-7-6-13-4-5-14(19)12-15(13)20;/h4-5,12H,3,6-11H2,1-2H3,(H,21,22);1H. The fourth-order valence-corrected chi connectivity index (χ4v) is 3.79. The van der Waals surface area contributed by atoms with E-state index < -0.39 is 11.6 Å². The summed E-state index contributed by atoms with van der Waals surface area (Å²) in [4.78, 5) is 13.3. The molecule has 154 valence electrons. The molecule has 2 aromatic rings. The monoisotopic (exact) mass is 522 g/mol. The highest BCUT2D eigenvalue weighted by Crippen LogP contribution is 2.19. The van der Waals surface area contributed by atoms with Gasteiger partial charge in [-0.05, 0) is 18.1 Å². The summed E-state index contributed by atoms with van der Waals surface area (Å²) in [7, 11) is 1.74. The molecule has 0 saturated carbocycles. The van der Waals surface area contributed by atoms with Crippen molar-refractivity contribution in [3.8, 4) is 0 Å². The van der Waals surface area contributed by atoms with E-state index in [9.17, 15) is 8.78 Å². The number of nitrogens with zero attached hydrogens (tertiary/aromatic N) is 5. The summed E-state index contributed by atoms with van der Waals surface area (Å²) >= 11 is 1.45. The van der Waals surface area contributed by atoms with Crippen molar-refractivity contribution < 1.29 is 8.78 Å². The molecule has 0 amide bonds. The van der Waals surface area contributed by atoms with Crippen molar-refractivity contribution in [1.82, 2.24) is 19.6 Å². The molecule has 3 rings (SSSR count). The molecular formula is C18H25F2IN6S. The molecule has 0 spiro atoms. The molecule has 0 radical (unpaired) electrons. The minimum absolute atomic E-state index is 0. The van der Waals surface area contributed by atoms with E-state index in [1.165, 1.54) is 23.7 Å². The number of aryl methyl sites for hydroxylation is 1. The zero-order valence-electron chi connectivity index (χ0n) is 16.0. The van der Waals surface area contributed by atoms with Gasteiger partial charge in [0.25, 0.3) is 0 Å². The Balaban J connectivity index is 0.00000280. The van der Waals surface area contributed by atoms with Crippen LogP contribution in [0.25, 0.3) is 0 Å². The van der Waals surface area contributed by atoms with Gasteiger partial charge in [0.15, 0.2) is 5.96 Å². The molecule has 1 saturated heterocycles. The average molecular weight is 522 g/mol. The second-order valence-corrected chi connectivity index (χ2v) is 7.01. The molecule has 1 aromatic heterocycles. The first-order valence-corrected chi connectivity index (χ1v) is 9.85. The molecule has 0 bridgehead atoms. The molecule has 28 heavy (non-hydrogen) atoms. The summed E-state index contributed by atoms with van der Waals surface area (Å²) in [5.41, 5.74) is 0.493. The highest BCUT2D eigenvalue weighted by Gasteiger charge is 2.22. The van der Waals surface area contributed by atoms with Crippen molar-refractivity contribution in [1.29, 1.82) is 0 Å². The van der Waals surface area contributed by atoms with Gasteiger partial charge < -0.3 is 15.1 Å². The number of hydrogen-bond acceptors (Lipinski definition) is 5. The molecule has 0 aliphatic carbocycles. The van der Waals surface area contributed by atoms with E-state index in [0.29, 0.717) is 18.5 Å². The van der Waals surface area contributed by atoms with Crippen molar-refractivity contribution in [2.75, 3.05) is 44.7 Å². The predicted molar refractivity (Wildman–Crippen MR) is 120 cm³/mol. The lowest BCUT2D eigenvalue weighted by Gasteiger charge is -2.36. The van der Waals surface area contributed by atoms with E-state index in [0.717, 1.165) is 55.6 Å². The number of piperazine rings is 1. The van der Waals surface area contributed by atoms with Crippen LogP contribution >= 0.6 is 35.5 Å². The van der Waals surface area contributed by atoms with Gasteiger partial charge in [0.2, 0.25) is 5.13 Å².